The van der Waals surface area contributed by atoms with Crippen LogP contribution in [0.5, 0.6) is 0 Å². The highest BCUT2D eigenvalue weighted by Gasteiger charge is 2.23. The van der Waals surface area contributed by atoms with Crippen LogP contribution in [-0.2, 0) is 4.74 Å². The van der Waals surface area contributed by atoms with Crippen molar-refractivity contribution < 1.29 is 9.53 Å². The summed E-state index contributed by atoms with van der Waals surface area (Å²) in [5.74, 6) is 0.0701. The first-order valence-electron chi connectivity index (χ1n) is 7.26. The number of hydrogen-bond acceptors (Lipinski definition) is 3. The van der Waals surface area contributed by atoms with Crippen molar-refractivity contribution in [2.75, 3.05) is 32.6 Å². The van der Waals surface area contributed by atoms with Gasteiger partial charge in [0.1, 0.15) is 0 Å². The van der Waals surface area contributed by atoms with Crippen LogP contribution >= 0.6 is 0 Å². The molecule has 4 nitrogen and oxygen atoms in total. The van der Waals surface area contributed by atoms with Crippen molar-refractivity contribution in [3.63, 3.8) is 0 Å². The number of methoxy groups -OCH3 is 1. The van der Waals surface area contributed by atoms with Gasteiger partial charge in [-0.2, -0.15) is 0 Å². The fraction of sp³-hybridized carbons (Fsp3) is 0.562. The highest BCUT2D eigenvalue weighted by molar-refractivity contribution is 5.99. The van der Waals surface area contributed by atoms with Crippen molar-refractivity contribution in [2.24, 2.45) is 0 Å². The first-order valence-corrected chi connectivity index (χ1v) is 7.26. The number of para-hydroxylation sites is 1. The number of carbonyl (C=O) groups is 1. The van der Waals surface area contributed by atoms with E-state index in [0.717, 1.165) is 24.1 Å². The summed E-state index contributed by atoms with van der Waals surface area (Å²) in [5, 5.41) is 3.08. The normalized spacial score (nSPS) is 10.7. The maximum Gasteiger partial charge on any atom is 0.256 e. The van der Waals surface area contributed by atoms with Gasteiger partial charge in [-0.05, 0) is 25.0 Å². The van der Waals surface area contributed by atoms with Crippen LogP contribution in [0, 0.1) is 0 Å². The van der Waals surface area contributed by atoms with Gasteiger partial charge in [-0.1, -0.05) is 26.0 Å². The molecule has 1 rings (SSSR count). The van der Waals surface area contributed by atoms with Crippen LogP contribution in [0.2, 0.25) is 0 Å². The SMILES string of the molecule is CCC(CC)N(CCOC)C(=O)c1ccccc1NC. The standard InChI is InChI=1S/C16H26N2O2/c1-5-13(6-2)18(11-12-20-4)16(19)14-9-7-8-10-15(14)17-3/h7-10,13,17H,5-6,11-12H2,1-4H3. The van der Waals surface area contributed by atoms with Crippen LogP contribution in [0.15, 0.2) is 24.3 Å². The van der Waals surface area contributed by atoms with Gasteiger partial charge in [0.25, 0.3) is 5.91 Å². The van der Waals surface area contributed by atoms with E-state index in [1.165, 1.54) is 0 Å². The number of amides is 1. The highest BCUT2D eigenvalue weighted by Crippen LogP contribution is 2.19. The van der Waals surface area contributed by atoms with Crippen LogP contribution in [0.3, 0.4) is 0 Å². The van der Waals surface area contributed by atoms with Gasteiger partial charge < -0.3 is 15.0 Å². The molecule has 20 heavy (non-hydrogen) atoms. The third kappa shape index (κ3) is 3.97. The second kappa shape index (κ2) is 8.59. The van der Waals surface area contributed by atoms with Crippen molar-refractivity contribution in [3.8, 4) is 0 Å². The molecule has 1 aromatic rings. The van der Waals surface area contributed by atoms with E-state index < -0.39 is 0 Å². The van der Waals surface area contributed by atoms with E-state index in [9.17, 15) is 4.79 Å². The third-order valence-corrected chi connectivity index (χ3v) is 3.61. The lowest BCUT2D eigenvalue weighted by Gasteiger charge is -2.31. The molecule has 0 fully saturated rings. The molecule has 0 aliphatic carbocycles. The van der Waals surface area contributed by atoms with Crippen molar-refractivity contribution in [2.45, 2.75) is 32.7 Å². The molecule has 0 unspecified atom stereocenters. The minimum Gasteiger partial charge on any atom is -0.387 e. The van der Waals surface area contributed by atoms with Crippen molar-refractivity contribution in [3.05, 3.63) is 29.8 Å². The van der Waals surface area contributed by atoms with Gasteiger partial charge in [0, 0.05) is 32.4 Å². The fourth-order valence-electron chi connectivity index (χ4n) is 2.41. The lowest BCUT2D eigenvalue weighted by molar-refractivity contribution is 0.0590. The van der Waals surface area contributed by atoms with Gasteiger partial charge in [0.15, 0.2) is 0 Å². The molecule has 0 saturated heterocycles. The number of rotatable bonds is 8. The van der Waals surface area contributed by atoms with E-state index in [0.29, 0.717) is 13.2 Å². The zero-order valence-corrected chi connectivity index (χ0v) is 13.0. The zero-order valence-electron chi connectivity index (χ0n) is 13.0. The molecule has 0 spiro atoms. The monoisotopic (exact) mass is 278 g/mol. The Balaban J connectivity index is 3.02. The number of carbonyl (C=O) groups excluding carboxylic acids is 1. The number of nitrogens with zero attached hydrogens (tertiary/aromatic N) is 1. The van der Waals surface area contributed by atoms with Crippen LogP contribution in [0.4, 0.5) is 5.69 Å². The van der Waals surface area contributed by atoms with Gasteiger partial charge in [-0.3, -0.25) is 4.79 Å². The summed E-state index contributed by atoms with van der Waals surface area (Å²) in [6.07, 6.45) is 1.90. The molecule has 4 heteroatoms. The largest absolute Gasteiger partial charge is 0.387 e. The Kier molecular flexibility index (Phi) is 7.09. The second-order valence-electron chi connectivity index (χ2n) is 4.76. The molecule has 0 bridgehead atoms. The summed E-state index contributed by atoms with van der Waals surface area (Å²) in [4.78, 5) is 14.8. The summed E-state index contributed by atoms with van der Waals surface area (Å²) < 4.78 is 5.14. The maximum atomic E-state index is 12.8. The lowest BCUT2D eigenvalue weighted by atomic mass is 10.1. The molecule has 0 heterocycles. The average Bonchev–Trinajstić information content (AvgIpc) is 2.50. The first kappa shape index (κ1) is 16.5. The Morgan fingerprint density at radius 2 is 1.95 bits per heavy atom. The predicted molar refractivity (Wildman–Crippen MR) is 83.3 cm³/mol. The predicted octanol–water partition coefficient (Wildman–Crippen LogP) is 3.01. The fourth-order valence-corrected chi connectivity index (χ4v) is 2.41. The molecule has 0 aromatic heterocycles. The summed E-state index contributed by atoms with van der Waals surface area (Å²) in [6.45, 7) is 5.42. The summed E-state index contributed by atoms with van der Waals surface area (Å²) >= 11 is 0. The van der Waals surface area contributed by atoms with E-state index in [-0.39, 0.29) is 11.9 Å². The first-order chi connectivity index (χ1) is 9.69. The second-order valence-corrected chi connectivity index (χ2v) is 4.76. The van der Waals surface area contributed by atoms with Gasteiger partial charge in [0.05, 0.1) is 12.2 Å². The Morgan fingerprint density at radius 1 is 1.30 bits per heavy atom. The number of ether oxygens (including phenoxy) is 1. The molecular weight excluding hydrogens is 252 g/mol. The topological polar surface area (TPSA) is 41.6 Å². The molecule has 0 aliphatic rings. The number of benzene rings is 1. The van der Waals surface area contributed by atoms with Gasteiger partial charge in [-0.15, -0.1) is 0 Å². The Bertz CT molecular complexity index is 417. The van der Waals surface area contributed by atoms with Crippen molar-refractivity contribution >= 4 is 11.6 Å². The van der Waals surface area contributed by atoms with Gasteiger partial charge >= 0.3 is 0 Å². The zero-order chi connectivity index (χ0) is 15.0. The molecule has 1 aromatic carbocycles. The Labute approximate surface area is 122 Å². The van der Waals surface area contributed by atoms with E-state index >= 15 is 0 Å². The molecule has 1 amide bonds. The van der Waals surface area contributed by atoms with E-state index in [4.69, 9.17) is 4.74 Å². The van der Waals surface area contributed by atoms with Crippen molar-refractivity contribution in [1.82, 2.24) is 4.90 Å². The number of anilines is 1. The summed E-state index contributed by atoms with van der Waals surface area (Å²) in [6, 6.07) is 7.88. The summed E-state index contributed by atoms with van der Waals surface area (Å²) in [5.41, 5.74) is 1.59. The third-order valence-electron chi connectivity index (χ3n) is 3.61. The minimum absolute atomic E-state index is 0.0701. The van der Waals surface area contributed by atoms with Crippen molar-refractivity contribution in [1.29, 1.82) is 0 Å². The molecular formula is C16H26N2O2. The highest BCUT2D eigenvalue weighted by atomic mass is 16.5. The number of hydrogen-bond donors (Lipinski definition) is 1. The van der Waals surface area contributed by atoms with Crippen LogP contribution in [0.25, 0.3) is 0 Å². The molecule has 112 valence electrons. The van der Waals surface area contributed by atoms with E-state index in [1.807, 2.05) is 36.2 Å². The van der Waals surface area contributed by atoms with Gasteiger partial charge in [-0.25, -0.2) is 0 Å². The summed E-state index contributed by atoms with van der Waals surface area (Å²) in [7, 11) is 3.50. The minimum atomic E-state index is 0.0701. The van der Waals surface area contributed by atoms with Crippen LogP contribution in [-0.4, -0.2) is 44.2 Å². The van der Waals surface area contributed by atoms with E-state index in [2.05, 4.69) is 19.2 Å². The Morgan fingerprint density at radius 3 is 2.50 bits per heavy atom. The maximum absolute atomic E-state index is 12.8. The molecule has 0 atom stereocenters. The smallest absolute Gasteiger partial charge is 0.256 e. The van der Waals surface area contributed by atoms with Gasteiger partial charge in [0.2, 0.25) is 0 Å². The molecule has 0 radical (unpaired) electrons. The quantitative estimate of drug-likeness (QED) is 0.795. The number of nitrogens with one attached hydrogen (secondary N) is 1. The molecule has 0 saturated carbocycles. The molecule has 0 aliphatic heterocycles. The average molecular weight is 278 g/mol. The van der Waals surface area contributed by atoms with Crippen LogP contribution in [0.1, 0.15) is 37.0 Å². The molecule has 1 N–H and O–H groups in total. The Hall–Kier alpha value is -1.55. The van der Waals surface area contributed by atoms with Crippen LogP contribution < -0.4 is 5.32 Å². The van der Waals surface area contributed by atoms with E-state index in [1.54, 1.807) is 7.11 Å². The lowest BCUT2D eigenvalue weighted by Crippen LogP contribution is -2.42.